The Morgan fingerprint density at radius 1 is 1.24 bits per heavy atom. The van der Waals surface area contributed by atoms with Crippen molar-refractivity contribution in [3.63, 3.8) is 0 Å². The van der Waals surface area contributed by atoms with Crippen LogP contribution in [0.2, 0.25) is 0 Å². The van der Waals surface area contributed by atoms with E-state index in [2.05, 4.69) is 13.8 Å². The minimum Gasteiger partial charge on any atom is -0.741 e. The summed E-state index contributed by atoms with van der Waals surface area (Å²) in [5.41, 5.74) is -5.65. The largest absolute Gasteiger partial charge is 0.741 e. The van der Waals surface area contributed by atoms with Crippen LogP contribution < -0.4 is 4.90 Å². The third-order valence-corrected chi connectivity index (χ3v) is 4.10. The fourth-order valence-corrected chi connectivity index (χ4v) is 2.43. The molecule has 1 rings (SSSR count). The van der Waals surface area contributed by atoms with Crippen molar-refractivity contribution in [2.75, 3.05) is 19.6 Å². The number of unbranched alkanes of at least 4 members (excludes halogenated alkanes) is 3. The van der Waals surface area contributed by atoms with Gasteiger partial charge in [0.25, 0.3) is 0 Å². The van der Waals surface area contributed by atoms with Gasteiger partial charge in [-0.1, -0.05) is 26.7 Å². The smallest absolute Gasteiger partial charge is 0.485 e. The van der Waals surface area contributed by atoms with Crippen LogP contribution in [0, 0.1) is 5.92 Å². The number of nitrogens with one attached hydrogen (secondary N) is 1. The number of hydrogen-bond acceptors (Lipinski definition) is 3. The van der Waals surface area contributed by atoms with Crippen molar-refractivity contribution in [2.45, 2.75) is 57.9 Å². The average molecular weight is 333 g/mol. The second-order valence-corrected chi connectivity index (χ2v) is 7.03. The Morgan fingerprint density at radius 3 is 2.24 bits per heavy atom. The Hall–Kier alpha value is -0.340. The van der Waals surface area contributed by atoms with Crippen molar-refractivity contribution in [3.8, 4) is 0 Å². The van der Waals surface area contributed by atoms with Gasteiger partial charge in [-0.3, -0.25) is 0 Å². The fourth-order valence-electron chi connectivity index (χ4n) is 2.43. The molecule has 0 saturated carbocycles. The Kier molecular flexibility index (Phi) is 9.48. The van der Waals surface area contributed by atoms with Gasteiger partial charge in [0, 0.05) is 5.92 Å². The topological polar surface area (TPSA) is 61.6 Å². The molecule has 0 radical (unpaired) electrons. The van der Waals surface area contributed by atoms with Crippen molar-refractivity contribution in [1.29, 1.82) is 0 Å². The molecule has 1 fully saturated rings. The summed E-state index contributed by atoms with van der Waals surface area (Å²) in [5, 5.41) is 0. The summed E-state index contributed by atoms with van der Waals surface area (Å²) in [5.74, 6) is 0.981. The van der Waals surface area contributed by atoms with E-state index in [4.69, 9.17) is 13.0 Å². The van der Waals surface area contributed by atoms with Crippen molar-refractivity contribution in [3.05, 3.63) is 0 Å². The monoisotopic (exact) mass is 333 g/mol. The highest BCUT2D eigenvalue weighted by molar-refractivity contribution is 7.86. The summed E-state index contributed by atoms with van der Waals surface area (Å²) >= 11 is 0. The van der Waals surface area contributed by atoms with Crippen LogP contribution in [0.3, 0.4) is 0 Å². The lowest BCUT2D eigenvalue weighted by Crippen LogP contribution is -3.13. The molecule has 0 amide bonds. The van der Waals surface area contributed by atoms with Crippen LogP contribution in [-0.4, -0.2) is 38.1 Å². The second kappa shape index (κ2) is 9.63. The van der Waals surface area contributed by atoms with Gasteiger partial charge in [-0.05, 0) is 25.7 Å². The summed E-state index contributed by atoms with van der Waals surface area (Å²) in [4.78, 5) is 1.87. The second-order valence-electron chi connectivity index (χ2n) is 5.66. The van der Waals surface area contributed by atoms with Crippen LogP contribution in [-0.2, 0) is 10.1 Å². The Balaban J connectivity index is 0.000000433. The molecule has 8 heteroatoms. The maximum Gasteiger partial charge on any atom is 0.485 e. The minimum absolute atomic E-state index is 0.981. The molecule has 2 atom stereocenters. The zero-order valence-corrected chi connectivity index (χ0v) is 13.5. The van der Waals surface area contributed by atoms with Gasteiger partial charge in [0.05, 0.1) is 19.6 Å². The van der Waals surface area contributed by atoms with E-state index in [1.54, 1.807) is 0 Å². The van der Waals surface area contributed by atoms with Gasteiger partial charge in [0.2, 0.25) is 0 Å². The van der Waals surface area contributed by atoms with E-state index in [0.717, 1.165) is 5.92 Å². The molecular weight excluding hydrogens is 307 g/mol. The molecular formula is C13H26F3NO3S. The van der Waals surface area contributed by atoms with Crippen molar-refractivity contribution in [2.24, 2.45) is 5.92 Å². The summed E-state index contributed by atoms with van der Waals surface area (Å²) < 4.78 is 58.9. The number of hydrogen-bond donors (Lipinski definition) is 1. The molecule has 0 aliphatic carbocycles. The highest BCUT2D eigenvalue weighted by Gasteiger charge is 2.36. The first-order valence-corrected chi connectivity index (χ1v) is 8.84. The van der Waals surface area contributed by atoms with E-state index in [-0.39, 0.29) is 0 Å². The van der Waals surface area contributed by atoms with Crippen LogP contribution in [0.5, 0.6) is 0 Å². The van der Waals surface area contributed by atoms with Gasteiger partial charge in [-0.25, -0.2) is 8.42 Å². The zero-order valence-electron chi connectivity index (χ0n) is 12.7. The number of rotatable bonds is 5. The van der Waals surface area contributed by atoms with Crippen LogP contribution in [0.25, 0.3) is 0 Å². The third-order valence-electron chi connectivity index (χ3n) is 3.53. The van der Waals surface area contributed by atoms with E-state index in [0.29, 0.717) is 0 Å². The Labute approximate surface area is 125 Å². The lowest BCUT2D eigenvalue weighted by molar-refractivity contribution is -0.908. The first kappa shape index (κ1) is 20.7. The van der Waals surface area contributed by atoms with E-state index < -0.39 is 15.6 Å². The molecule has 4 nitrogen and oxygen atoms in total. The van der Waals surface area contributed by atoms with Crippen LogP contribution in [0.1, 0.15) is 52.4 Å². The van der Waals surface area contributed by atoms with Gasteiger partial charge in [0.15, 0.2) is 10.1 Å². The van der Waals surface area contributed by atoms with Gasteiger partial charge in [0.1, 0.15) is 0 Å². The quantitative estimate of drug-likeness (QED) is 0.475. The number of quaternary nitrogens is 1. The fraction of sp³-hybridized carbons (Fsp3) is 1.00. The molecule has 2 unspecified atom stereocenters. The molecule has 1 aliphatic rings. The van der Waals surface area contributed by atoms with E-state index in [9.17, 15) is 13.2 Å². The average Bonchev–Trinajstić information content (AvgIpc) is 2.33. The lowest BCUT2D eigenvalue weighted by Gasteiger charge is -2.27. The summed E-state index contributed by atoms with van der Waals surface area (Å²) in [6.07, 6.45) is 8.64. The van der Waals surface area contributed by atoms with Gasteiger partial charge in [-0.15, -0.1) is 0 Å². The molecule has 0 aromatic rings. The molecule has 0 aromatic heterocycles. The molecule has 1 saturated heterocycles. The van der Waals surface area contributed by atoms with Crippen LogP contribution in [0.4, 0.5) is 13.2 Å². The number of likely N-dealkylation sites (tertiary alicyclic amines) is 1. The Bertz CT molecular complexity index is 371. The molecule has 0 aromatic carbocycles. The van der Waals surface area contributed by atoms with E-state index in [1.807, 2.05) is 4.90 Å². The first-order valence-electron chi connectivity index (χ1n) is 7.43. The van der Waals surface area contributed by atoms with Crippen LogP contribution >= 0.6 is 0 Å². The predicted molar refractivity (Wildman–Crippen MR) is 73.9 cm³/mol. The lowest BCUT2D eigenvalue weighted by atomic mass is 10.00. The van der Waals surface area contributed by atoms with Crippen LogP contribution in [0.15, 0.2) is 0 Å². The highest BCUT2D eigenvalue weighted by Crippen LogP contribution is 2.20. The van der Waals surface area contributed by atoms with Gasteiger partial charge >= 0.3 is 5.51 Å². The Morgan fingerprint density at radius 2 is 1.81 bits per heavy atom. The minimum atomic E-state index is -6.09. The normalized spacial score (nSPS) is 23.3. The maximum atomic E-state index is 10.7. The summed E-state index contributed by atoms with van der Waals surface area (Å²) in [7, 11) is -6.09. The third kappa shape index (κ3) is 10.1. The molecule has 128 valence electrons. The van der Waals surface area contributed by atoms with Crippen molar-refractivity contribution < 1.29 is 31.0 Å². The summed E-state index contributed by atoms with van der Waals surface area (Å²) in [6.45, 7) is 9.01. The molecule has 0 bridgehead atoms. The standard InChI is InChI=1S/C12H25N.CHF3O3S/c1-3-4-5-6-9-13-10-7-8-12(2)11-13;2-1(3,4)8(5,6)7/h12H,3-11H2,1-2H3;(H,5,6,7). The number of halogens is 3. The van der Waals surface area contributed by atoms with Gasteiger partial charge < -0.3 is 9.45 Å². The summed E-state index contributed by atoms with van der Waals surface area (Å²) in [6, 6.07) is 0. The molecule has 1 heterocycles. The zero-order chi connectivity index (χ0) is 16.5. The van der Waals surface area contributed by atoms with E-state index in [1.165, 1.54) is 58.2 Å². The van der Waals surface area contributed by atoms with Gasteiger partial charge in [-0.2, -0.15) is 13.2 Å². The molecule has 1 aliphatic heterocycles. The number of piperidine rings is 1. The van der Waals surface area contributed by atoms with Crippen molar-refractivity contribution in [1.82, 2.24) is 0 Å². The number of alkyl halides is 3. The van der Waals surface area contributed by atoms with Crippen molar-refractivity contribution >= 4 is 10.1 Å². The first-order chi connectivity index (χ1) is 9.58. The highest BCUT2D eigenvalue weighted by atomic mass is 32.2. The molecule has 1 N–H and O–H groups in total. The SMILES string of the molecule is CCCCCC[NH+]1CCCC(C)C1.O=S(=O)([O-])C(F)(F)F. The molecule has 21 heavy (non-hydrogen) atoms. The van der Waals surface area contributed by atoms with E-state index >= 15 is 0 Å². The molecule has 0 spiro atoms. The maximum absolute atomic E-state index is 10.7. The predicted octanol–water partition coefficient (Wildman–Crippen LogP) is 1.93.